The zero-order chi connectivity index (χ0) is 19.5. The van der Waals surface area contributed by atoms with Crippen LogP contribution in [-0.2, 0) is 14.3 Å². The summed E-state index contributed by atoms with van der Waals surface area (Å²) in [5.41, 5.74) is 3.26. The minimum absolute atomic E-state index is 0.179. The quantitative estimate of drug-likeness (QED) is 0.337. The van der Waals surface area contributed by atoms with Crippen LogP contribution in [0.3, 0.4) is 0 Å². The summed E-state index contributed by atoms with van der Waals surface area (Å²) in [6, 6.07) is 19.5. The second-order valence-corrected chi connectivity index (χ2v) is 6.11. The lowest BCUT2D eigenvalue weighted by molar-refractivity contribution is -0.138. The SMILES string of the molecule is CCOC(=O)C(/C=C/c1ccccc1)=C(/CCC(=O)CC)c1ccccc1. The molecule has 0 radical (unpaired) electrons. The molecule has 0 aliphatic heterocycles. The first-order valence-corrected chi connectivity index (χ1v) is 9.36. The fourth-order valence-corrected chi connectivity index (χ4v) is 2.76. The van der Waals surface area contributed by atoms with Gasteiger partial charge >= 0.3 is 5.97 Å². The van der Waals surface area contributed by atoms with Crippen molar-refractivity contribution in [3.8, 4) is 0 Å². The Morgan fingerprint density at radius 1 is 0.889 bits per heavy atom. The molecule has 0 aliphatic carbocycles. The normalized spacial score (nSPS) is 11.9. The Morgan fingerprint density at radius 2 is 1.52 bits per heavy atom. The molecule has 0 spiro atoms. The fraction of sp³-hybridized carbons (Fsp3) is 0.250. The van der Waals surface area contributed by atoms with E-state index in [9.17, 15) is 9.59 Å². The summed E-state index contributed by atoms with van der Waals surface area (Å²) in [5.74, 6) is -0.189. The first kappa shape index (κ1) is 20.4. The Bertz CT molecular complexity index is 802. The predicted octanol–water partition coefficient (Wildman–Crippen LogP) is 5.48. The molecule has 0 fully saturated rings. The third kappa shape index (κ3) is 6.37. The van der Waals surface area contributed by atoms with E-state index < -0.39 is 0 Å². The van der Waals surface area contributed by atoms with Crippen LogP contribution in [0.25, 0.3) is 11.6 Å². The van der Waals surface area contributed by atoms with Gasteiger partial charge in [-0.05, 0) is 36.1 Å². The molecule has 2 rings (SSSR count). The lowest BCUT2D eigenvalue weighted by Gasteiger charge is -2.13. The van der Waals surface area contributed by atoms with Gasteiger partial charge in [0.2, 0.25) is 0 Å². The molecule has 0 aliphatic rings. The van der Waals surface area contributed by atoms with Crippen molar-refractivity contribution in [2.45, 2.75) is 33.1 Å². The maximum Gasteiger partial charge on any atom is 0.338 e. The summed E-state index contributed by atoms with van der Waals surface area (Å²) in [7, 11) is 0. The number of Topliss-reactive ketones (excluding diaryl/α,β-unsaturated/α-hetero) is 1. The Morgan fingerprint density at radius 3 is 2.11 bits per heavy atom. The van der Waals surface area contributed by atoms with Crippen molar-refractivity contribution in [2.24, 2.45) is 0 Å². The molecule has 0 N–H and O–H groups in total. The molecular formula is C24H26O3. The van der Waals surface area contributed by atoms with Gasteiger partial charge in [0.15, 0.2) is 0 Å². The van der Waals surface area contributed by atoms with Crippen molar-refractivity contribution >= 4 is 23.4 Å². The summed E-state index contributed by atoms with van der Waals surface area (Å²) in [6.07, 6.45) is 5.10. The standard InChI is InChI=1S/C24H26O3/c1-3-21(25)16-18-22(20-13-9-6-10-14-20)23(24(26)27-4-2)17-15-19-11-7-5-8-12-19/h5-15,17H,3-4,16,18H2,1-2H3/b17-15+,23-22-. The zero-order valence-electron chi connectivity index (χ0n) is 16.0. The van der Waals surface area contributed by atoms with Crippen LogP contribution in [-0.4, -0.2) is 18.4 Å². The second-order valence-electron chi connectivity index (χ2n) is 6.11. The second kappa shape index (κ2) is 10.9. The number of allylic oxidation sites excluding steroid dienone is 1. The largest absolute Gasteiger partial charge is 0.462 e. The molecule has 27 heavy (non-hydrogen) atoms. The van der Waals surface area contributed by atoms with Crippen molar-refractivity contribution in [1.82, 2.24) is 0 Å². The summed E-state index contributed by atoms with van der Waals surface area (Å²) < 4.78 is 5.30. The van der Waals surface area contributed by atoms with Crippen LogP contribution >= 0.6 is 0 Å². The van der Waals surface area contributed by atoms with Crippen molar-refractivity contribution in [3.63, 3.8) is 0 Å². The molecule has 0 heterocycles. The first-order chi connectivity index (χ1) is 13.2. The number of hydrogen-bond acceptors (Lipinski definition) is 3. The Balaban J connectivity index is 2.49. The molecule has 2 aromatic carbocycles. The smallest absolute Gasteiger partial charge is 0.338 e. The molecule has 0 unspecified atom stereocenters. The third-order valence-electron chi connectivity index (χ3n) is 4.23. The molecule has 3 nitrogen and oxygen atoms in total. The molecular weight excluding hydrogens is 336 g/mol. The maximum atomic E-state index is 12.7. The van der Waals surface area contributed by atoms with Crippen molar-refractivity contribution < 1.29 is 14.3 Å². The molecule has 0 saturated heterocycles. The number of hydrogen-bond donors (Lipinski definition) is 0. The molecule has 3 heteroatoms. The van der Waals surface area contributed by atoms with Crippen molar-refractivity contribution in [1.29, 1.82) is 0 Å². The van der Waals surface area contributed by atoms with E-state index in [2.05, 4.69) is 0 Å². The van der Waals surface area contributed by atoms with Gasteiger partial charge in [0, 0.05) is 12.8 Å². The highest BCUT2D eigenvalue weighted by Crippen LogP contribution is 2.26. The Kier molecular flexibility index (Phi) is 8.24. The van der Waals surface area contributed by atoms with E-state index in [1.807, 2.05) is 73.7 Å². The monoisotopic (exact) mass is 362 g/mol. The molecule has 0 saturated carbocycles. The van der Waals surface area contributed by atoms with Gasteiger partial charge in [-0.1, -0.05) is 73.7 Å². The van der Waals surface area contributed by atoms with Crippen LogP contribution in [0.4, 0.5) is 0 Å². The van der Waals surface area contributed by atoms with Crippen LogP contribution < -0.4 is 0 Å². The minimum atomic E-state index is -0.368. The van der Waals surface area contributed by atoms with E-state index in [-0.39, 0.29) is 11.8 Å². The van der Waals surface area contributed by atoms with Crippen molar-refractivity contribution in [2.75, 3.05) is 6.61 Å². The maximum absolute atomic E-state index is 12.7. The lowest BCUT2D eigenvalue weighted by atomic mass is 9.93. The number of ketones is 1. The van der Waals surface area contributed by atoms with Crippen LogP contribution in [0, 0.1) is 0 Å². The molecule has 0 aromatic heterocycles. The first-order valence-electron chi connectivity index (χ1n) is 9.36. The van der Waals surface area contributed by atoms with E-state index in [0.29, 0.717) is 31.4 Å². The molecule has 0 bridgehead atoms. The van der Waals surface area contributed by atoms with Gasteiger partial charge in [-0.15, -0.1) is 0 Å². The molecule has 140 valence electrons. The average molecular weight is 362 g/mol. The summed E-state index contributed by atoms with van der Waals surface area (Å²) in [4.78, 5) is 24.6. The number of rotatable bonds is 9. The van der Waals surface area contributed by atoms with Gasteiger partial charge in [0.05, 0.1) is 12.2 Å². The van der Waals surface area contributed by atoms with Gasteiger partial charge in [0.1, 0.15) is 5.78 Å². The van der Waals surface area contributed by atoms with E-state index in [0.717, 1.165) is 16.7 Å². The number of carbonyl (C=O) groups is 2. The van der Waals surface area contributed by atoms with Gasteiger partial charge in [-0.2, -0.15) is 0 Å². The summed E-state index contributed by atoms with van der Waals surface area (Å²) >= 11 is 0. The van der Waals surface area contributed by atoms with Gasteiger partial charge in [-0.25, -0.2) is 4.79 Å². The summed E-state index contributed by atoms with van der Waals surface area (Å²) in [5, 5.41) is 0. The highest BCUT2D eigenvalue weighted by molar-refractivity contribution is 6.02. The van der Waals surface area contributed by atoms with Gasteiger partial charge < -0.3 is 4.74 Å². The fourth-order valence-electron chi connectivity index (χ4n) is 2.76. The zero-order valence-corrected chi connectivity index (χ0v) is 16.0. The summed E-state index contributed by atoms with van der Waals surface area (Å²) in [6.45, 7) is 3.95. The molecule has 2 aromatic rings. The molecule has 0 amide bonds. The highest BCUT2D eigenvalue weighted by atomic mass is 16.5. The van der Waals surface area contributed by atoms with E-state index in [1.54, 1.807) is 13.0 Å². The van der Waals surface area contributed by atoms with Crippen LogP contribution in [0.5, 0.6) is 0 Å². The van der Waals surface area contributed by atoms with Gasteiger partial charge in [0.25, 0.3) is 0 Å². The molecule has 0 atom stereocenters. The lowest BCUT2D eigenvalue weighted by Crippen LogP contribution is -2.09. The van der Waals surface area contributed by atoms with Crippen LogP contribution in [0.2, 0.25) is 0 Å². The number of benzene rings is 2. The number of carbonyl (C=O) groups excluding carboxylic acids is 2. The average Bonchev–Trinajstić information content (AvgIpc) is 2.71. The minimum Gasteiger partial charge on any atom is -0.462 e. The highest BCUT2D eigenvalue weighted by Gasteiger charge is 2.16. The van der Waals surface area contributed by atoms with E-state index >= 15 is 0 Å². The van der Waals surface area contributed by atoms with E-state index in [1.165, 1.54) is 0 Å². The van der Waals surface area contributed by atoms with E-state index in [4.69, 9.17) is 4.74 Å². The number of esters is 1. The Labute approximate surface area is 161 Å². The number of ether oxygens (including phenoxy) is 1. The Hall–Kier alpha value is -2.94. The predicted molar refractivity (Wildman–Crippen MR) is 110 cm³/mol. The topological polar surface area (TPSA) is 43.4 Å². The van der Waals surface area contributed by atoms with Gasteiger partial charge in [-0.3, -0.25) is 4.79 Å². The van der Waals surface area contributed by atoms with Crippen molar-refractivity contribution in [3.05, 3.63) is 83.4 Å². The van der Waals surface area contributed by atoms with Crippen LogP contribution in [0.1, 0.15) is 44.2 Å². The van der Waals surface area contributed by atoms with Crippen LogP contribution in [0.15, 0.2) is 72.3 Å². The third-order valence-corrected chi connectivity index (χ3v) is 4.23.